The van der Waals surface area contributed by atoms with Crippen molar-refractivity contribution in [1.29, 1.82) is 0 Å². The third-order valence-corrected chi connectivity index (χ3v) is 4.44. The first-order chi connectivity index (χ1) is 11.6. The lowest BCUT2D eigenvalue weighted by Crippen LogP contribution is -2.28. The molecule has 0 aliphatic carbocycles. The van der Waals surface area contributed by atoms with Gasteiger partial charge in [-0.2, -0.15) is 0 Å². The molecule has 0 atom stereocenters. The van der Waals surface area contributed by atoms with Gasteiger partial charge in [0.25, 0.3) is 5.56 Å². The first-order valence-corrected chi connectivity index (χ1v) is 8.69. The van der Waals surface area contributed by atoms with Crippen LogP contribution in [0.5, 0.6) is 0 Å². The lowest BCUT2D eigenvalue weighted by Gasteiger charge is -2.11. The minimum absolute atomic E-state index is 0.0642. The van der Waals surface area contributed by atoms with Crippen molar-refractivity contribution in [2.45, 2.75) is 19.9 Å². The first-order valence-electron chi connectivity index (χ1n) is 7.61. The van der Waals surface area contributed by atoms with Gasteiger partial charge in [0.15, 0.2) is 0 Å². The van der Waals surface area contributed by atoms with Crippen LogP contribution in [0.1, 0.15) is 12.5 Å². The van der Waals surface area contributed by atoms with Gasteiger partial charge in [-0.1, -0.05) is 25.1 Å². The van der Waals surface area contributed by atoms with Crippen molar-refractivity contribution < 1.29 is 4.79 Å². The Morgan fingerprint density at radius 1 is 1.25 bits per heavy atom. The molecule has 0 saturated heterocycles. The number of anilines is 1. The number of hydrogen-bond donors (Lipinski definition) is 1. The molecule has 0 bridgehead atoms. The second-order valence-corrected chi connectivity index (χ2v) is 6.64. The van der Waals surface area contributed by atoms with Crippen molar-refractivity contribution in [3.05, 3.63) is 68.3 Å². The van der Waals surface area contributed by atoms with Crippen molar-refractivity contribution in [2.75, 3.05) is 5.32 Å². The maximum absolute atomic E-state index is 12.5. The molecular weight excluding hydrogens is 417 g/mol. The maximum atomic E-state index is 12.5. The molecule has 2 aromatic carbocycles. The molecule has 3 aromatic rings. The van der Waals surface area contributed by atoms with E-state index in [0.29, 0.717) is 10.9 Å². The van der Waals surface area contributed by atoms with Crippen LogP contribution in [0.25, 0.3) is 10.9 Å². The van der Waals surface area contributed by atoms with Gasteiger partial charge in [0.2, 0.25) is 5.91 Å². The molecule has 5 nitrogen and oxygen atoms in total. The smallest absolute Gasteiger partial charge is 0.261 e. The predicted octanol–water partition coefficient (Wildman–Crippen LogP) is 3.20. The topological polar surface area (TPSA) is 64.0 Å². The van der Waals surface area contributed by atoms with Gasteiger partial charge in [-0.05, 0) is 58.8 Å². The van der Waals surface area contributed by atoms with Crippen LogP contribution in [0.3, 0.4) is 0 Å². The van der Waals surface area contributed by atoms with Gasteiger partial charge in [0.1, 0.15) is 6.54 Å². The Morgan fingerprint density at radius 2 is 2.04 bits per heavy atom. The largest absolute Gasteiger partial charge is 0.324 e. The summed E-state index contributed by atoms with van der Waals surface area (Å²) in [7, 11) is 0. The number of amides is 1. The Morgan fingerprint density at radius 3 is 2.83 bits per heavy atom. The molecule has 0 radical (unpaired) electrons. The van der Waals surface area contributed by atoms with Crippen LogP contribution in [-0.4, -0.2) is 15.5 Å². The Hall–Kier alpha value is -2.22. The highest BCUT2D eigenvalue weighted by Crippen LogP contribution is 2.15. The molecule has 0 fully saturated rings. The molecule has 122 valence electrons. The first kappa shape index (κ1) is 16.6. The molecule has 0 saturated carbocycles. The molecule has 6 heteroatoms. The average Bonchev–Trinajstić information content (AvgIpc) is 2.58. The number of fused-ring (bicyclic) bond motifs is 1. The van der Waals surface area contributed by atoms with E-state index >= 15 is 0 Å². The van der Waals surface area contributed by atoms with Gasteiger partial charge in [-0.3, -0.25) is 14.2 Å². The van der Waals surface area contributed by atoms with Gasteiger partial charge in [-0.25, -0.2) is 4.98 Å². The summed E-state index contributed by atoms with van der Waals surface area (Å²) in [6.45, 7) is 1.97. The molecule has 0 aliphatic rings. The van der Waals surface area contributed by atoms with Crippen LogP contribution in [0, 0.1) is 3.57 Å². The second kappa shape index (κ2) is 7.12. The van der Waals surface area contributed by atoms with Gasteiger partial charge in [-0.15, -0.1) is 0 Å². The fraction of sp³-hybridized carbons (Fsp3) is 0.167. The second-order valence-electron chi connectivity index (χ2n) is 5.40. The molecule has 0 aliphatic heterocycles. The zero-order valence-electron chi connectivity index (χ0n) is 13.1. The molecule has 1 heterocycles. The quantitative estimate of drug-likeness (QED) is 0.643. The minimum Gasteiger partial charge on any atom is -0.324 e. The highest BCUT2D eigenvalue weighted by atomic mass is 127. The fourth-order valence-corrected chi connectivity index (χ4v) is 3.03. The van der Waals surface area contributed by atoms with Crippen LogP contribution in [0.2, 0.25) is 0 Å². The third-order valence-electron chi connectivity index (χ3n) is 3.77. The highest BCUT2D eigenvalue weighted by molar-refractivity contribution is 14.1. The van der Waals surface area contributed by atoms with E-state index in [9.17, 15) is 9.59 Å². The fourth-order valence-electron chi connectivity index (χ4n) is 2.54. The summed E-state index contributed by atoms with van der Waals surface area (Å²) >= 11 is 2.15. The number of nitrogens with one attached hydrogen (secondary N) is 1. The molecule has 24 heavy (non-hydrogen) atoms. The summed E-state index contributed by atoms with van der Waals surface area (Å²) in [5.41, 5.74) is 2.26. The van der Waals surface area contributed by atoms with E-state index in [1.165, 1.54) is 10.9 Å². The van der Waals surface area contributed by atoms with Crippen molar-refractivity contribution >= 4 is 45.1 Å². The lowest BCUT2D eigenvalue weighted by molar-refractivity contribution is -0.116. The van der Waals surface area contributed by atoms with Crippen molar-refractivity contribution in [3.63, 3.8) is 0 Å². The van der Waals surface area contributed by atoms with E-state index in [-0.39, 0.29) is 18.0 Å². The Bertz CT molecular complexity index is 966. The molecule has 0 spiro atoms. The number of carbonyl (C=O) groups is 1. The van der Waals surface area contributed by atoms with Gasteiger partial charge in [0.05, 0.1) is 17.2 Å². The van der Waals surface area contributed by atoms with Crippen LogP contribution in [-0.2, 0) is 17.8 Å². The highest BCUT2D eigenvalue weighted by Gasteiger charge is 2.10. The monoisotopic (exact) mass is 433 g/mol. The standard InChI is InChI=1S/C18H16IN3O2/c1-2-12-5-3-4-6-15(12)21-17(23)10-22-11-20-16-8-7-13(19)9-14(16)18(22)24/h3-9,11H,2,10H2,1H3,(H,21,23). The van der Waals surface area contributed by atoms with Gasteiger partial charge in [0, 0.05) is 9.26 Å². The number of halogens is 1. The van der Waals surface area contributed by atoms with Crippen LogP contribution in [0.15, 0.2) is 53.6 Å². The molecule has 1 aromatic heterocycles. The number of aryl methyl sites for hydroxylation is 1. The lowest BCUT2D eigenvalue weighted by atomic mass is 10.1. The number of benzene rings is 2. The van der Waals surface area contributed by atoms with E-state index in [0.717, 1.165) is 21.2 Å². The predicted molar refractivity (Wildman–Crippen MR) is 103 cm³/mol. The normalized spacial score (nSPS) is 10.8. The number of para-hydroxylation sites is 1. The molecule has 0 unspecified atom stereocenters. The summed E-state index contributed by atoms with van der Waals surface area (Å²) < 4.78 is 2.29. The van der Waals surface area contributed by atoms with Crippen molar-refractivity contribution in [1.82, 2.24) is 9.55 Å². The zero-order valence-corrected chi connectivity index (χ0v) is 15.3. The Kier molecular flexibility index (Phi) is 4.94. The van der Waals surface area contributed by atoms with Crippen LogP contribution >= 0.6 is 22.6 Å². The van der Waals surface area contributed by atoms with Crippen molar-refractivity contribution in [2.24, 2.45) is 0 Å². The van der Waals surface area contributed by atoms with E-state index in [4.69, 9.17) is 0 Å². The summed E-state index contributed by atoms with van der Waals surface area (Å²) in [4.78, 5) is 29.1. The zero-order chi connectivity index (χ0) is 17.1. The van der Waals surface area contributed by atoms with Crippen molar-refractivity contribution in [3.8, 4) is 0 Å². The minimum atomic E-state index is -0.246. The molecule has 1 N–H and O–H groups in total. The Balaban J connectivity index is 1.85. The maximum Gasteiger partial charge on any atom is 0.261 e. The number of carbonyl (C=O) groups excluding carboxylic acids is 1. The number of nitrogens with zero attached hydrogens (tertiary/aromatic N) is 2. The SMILES string of the molecule is CCc1ccccc1NC(=O)Cn1cnc2ccc(I)cc2c1=O. The summed E-state index contributed by atoms with van der Waals surface area (Å²) in [6, 6.07) is 13.1. The van der Waals surface area contributed by atoms with Gasteiger partial charge < -0.3 is 5.32 Å². The van der Waals surface area contributed by atoms with Gasteiger partial charge >= 0.3 is 0 Å². The van der Waals surface area contributed by atoms with E-state index in [2.05, 4.69) is 32.9 Å². The number of hydrogen-bond acceptors (Lipinski definition) is 3. The van der Waals surface area contributed by atoms with Crippen LogP contribution in [0.4, 0.5) is 5.69 Å². The summed E-state index contributed by atoms with van der Waals surface area (Å²) in [5, 5.41) is 3.39. The molecule has 3 rings (SSSR count). The summed E-state index contributed by atoms with van der Waals surface area (Å²) in [5.74, 6) is -0.246. The Labute approximate surface area is 152 Å². The van der Waals surface area contributed by atoms with Crippen LogP contribution < -0.4 is 10.9 Å². The molecular formula is C18H16IN3O2. The van der Waals surface area contributed by atoms with E-state index in [1.54, 1.807) is 12.1 Å². The number of rotatable bonds is 4. The van der Waals surface area contributed by atoms with E-state index < -0.39 is 0 Å². The third kappa shape index (κ3) is 3.48. The number of aromatic nitrogens is 2. The van der Waals surface area contributed by atoms with E-state index in [1.807, 2.05) is 37.3 Å². The average molecular weight is 433 g/mol. The molecule has 1 amide bonds. The summed E-state index contributed by atoms with van der Waals surface area (Å²) in [6.07, 6.45) is 2.25.